The van der Waals surface area contributed by atoms with E-state index in [-0.39, 0.29) is 12.5 Å². The van der Waals surface area contributed by atoms with Crippen molar-refractivity contribution < 1.29 is 13.2 Å². The minimum Gasteiger partial charge on any atom is -0.355 e. The van der Waals surface area contributed by atoms with Crippen LogP contribution < -0.4 is 10.5 Å². The number of aromatic nitrogens is 6. The van der Waals surface area contributed by atoms with E-state index in [0.29, 0.717) is 30.6 Å². The van der Waals surface area contributed by atoms with Gasteiger partial charge in [-0.25, -0.2) is 14.6 Å². The Kier molecular flexibility index (Phi) is 3.44. The molecule has 0 unspecified atom stereocenters. The van der Waals surface area contributed by atoms with E-state index in [1.807, 2.05) is 4.90 Å². The molecule has 3 aromatic rings. The monoisotopic (exact) mass is 351 g/mol. The van der Waals surface area contributed by atoms with Crippen LogP contribution in [0.15, 0.2) is 29.5 Å². The summed E-state index contributed by atoms with van der Waals surface area (Å²) in [6, 6.07) is 1.59. The van der Waals surface area contributed by atoms with Gasteiger partial charge in [0, 0.05) is 25.1 Å². The average molecular weight is 351 g/mol. The summed E-state index contributed by atoms with van der Waals surface area (Å²) in [7, 11) is 0. The number of H-pyrrole nitrogens is 1. The predicted octanol–water partition coefficient (Wildman–Crippen LogP) is 1.06. The van der Waals surface area contributed by atoms with Gasteiger partial charge in [0.05, 0.1) is 18.1 Å². The second-order valence-electron chi connectivity index (χ2n) is 5.84. The van der Waals surface area contributed by atoms with Gasteiger partial charge in [-0.2, -0.15) is 23.4 Å². The van der Waals surface area contributed by atoms with Gasteiger partial charge in [-0.3, -0.25) is 9.89 Å². The van der Waals surface area contributed by atoms with Crippen molar-refractivity contribution in [2.24, 2.45) is 5.92 Å². The molecule has 3 aromatic heterocycles. The van der Waals surface area contributed by atoms with Gasteiger partial charge in [-0.05, 0) is 6.07 Å². The molecule has 1 N–H and O–H groups in total. The van der Waals surface area contributed by atoms with Crippen molar-refractivity contribution in [1.82, 2.24) is 29.9 Å². The smallest absolute Gasteiger partial charge is 0.355 e. The zero-order valence-electron chi connectivity index (χ0n) is 12.7. The predicted molar refractivity (Wildman–Crippen MR) is 80.9 cm³/mol. The molecule has 1 fully saturated rings. The molecule has 0 radical (unpaired) electrons. The standard InChI is InChI=1S/C14H12F3N7O/c15-14(16,17)10-1-2-11(25)24(22-10)6-8-4-23(5-8)13-9-3-20-21-12(9)18-7-19-13/h1-3,7-8H,4-6H2,(H,18,19,20,21). The van der Waals surface area contributed by atoms with Crippen LogP contribution in [0.1, 0.15) is 5.69 Å². The molecular weight excluding hydrogens is 339 g/mol. The fraction of sp³-hybridized carbons (Fsp3) is 0.357. The number of nitrogens with zero attached hydrogens (tertiary/aromatic N) is 6. The van der Waals surface area contributed by atoms with Crippen molar-refractivity contribution in [3.05, 3.63) is 40.7 Å². The maximum atomic E-state index is 12.7. The molecule has 25 heavy (non-hydrogen) atoms. The van der Waals surface area contributed by atoms with Gasteiger partial charge in [-0.1, -0.05) is 0 Å². The third kappa shape index (κ3) is 2.81. The average Bonchev–Trinajstić information content (AvgIpc) is 2.99. The third-order valence-electron chi connectivity index (χ3n) is 4.07. The first-order valence-electron chi connectivity index (χ1n) is 7.46. The van der Waals surface area contributed by atoms with Crippen LogP contribution in [0, 0.1) is 5.92 Å². The molecule has 0 atom stereocenters. The lowest BCUT2D eigenvalue weighted by molar-refractivity contribution is -0.142. The number of halogens is 3. The fourth-order valence-corrected chi connectivity index (χ4v) is 2.84. The highest BCUT2D eigenvalue weighted by Crippen LogP contribution is 2.29. The summed E-state index contributed by atoms with van der Waals surface area (Å²) in [5.74, 6) is 0.713. The van der Waals surface area contributed by atoms with Crippen molar-refractivity contribution in [3.63, 3.8) is 0 Å². The summed E-state index contributed by atoms with van der Waals surface area (Å²) in [4.78, 5) is 22.0. The Morgan fingerprint density at radius 3 is 2.80 bits per heavy atom. The van der Waals surface area contributed by atoms with Gasteiger partial charge < -0.3 is 4.90 Å². The second-order valence-corrected chi connectivity index (χ2v) is 5.84. The largest absolute Gasteiger partial charge is 0.435 e. The SMILES string of the molecule is O=c1ccc(C(F)(F)F)nn1CC1CN(c2ncnc3[nH]ncc23)C1. The van der Waals surface area contributed by atoms with Crippen LogP contribution in [0.4, 0.5) is 19.0 Å². The summed E-state index contributed by atoms with van der Waals surface area (Å²) in [6.07, 6.45) is -1.53. The number of rotatable bonds is 3. The molecule has 4 rings (SSSR count). The summed E-state index contributed by atoms with van der Waals surface area (Å²) in [5, 5.41) is 10.9. The molecule has 0 amide bonds. The highest BCUT2D eigenvalue weighted by molar-refractivity contribution is 5.86. The third-order valence-corrected chi connectivity index (χ3v) is 4.07. The first-order valence-corrected chi connectivity index (χ1v) is 7.46. The fourth-order valence-electron chi connectivity index (χ4n) is 2.84. The van der Waals surface area contributed by atoms with Gasteiger partial charge >= 0.3 is 6.18 Å². The van der Waals surface area contributed by atoms with Crippen LogP contribution in [0.5, 0.6) is 0 Å². The maximum absolute atomic E-state index is 12.7. The molecular formula is C14H12F3N7O. The topological polar surface area (TPSA) is 92.6 Å². The minimum atomic E-state index is -4.57. The number of anilines is 1. The van der Waals surface area contributed by atoms with E-state index in [1.54, 1.807) is 6.20 Å². The lowest BCUT2D eigenvalue weighted by atomic mass is 10.00. The molecule has 130 valence electrons. The van der Waals surface area contributed by atoms with E-state index in [1.165, 1.54) is 6.33 Å². The molecule has 0 bridgehead atoms. The summed E-state index contributed by atoms with van der Waals surface area (Å²) in [6.45, 7) is 1.24. The first kappa shape index (κ1) is 15.5. The van der Waals surface area contributed by atoms with Gasteiger partial charge in [0.1, 0.15) is 12.1 Å². The number of hydrogen-bond acceptors (Lipinski definition) is 6. The van der Waals surface area contributed by atoms with Crippen molar-refractivity contribution >= 4 is 16.9 Å². The molecule has 0 aromatic carbocycles. The second kappa shape index (κ2) is 5.53. The number of aromatic amines is 1. The van der Waals surface area contributed by atoms with Gasteiger partial charge in [-0.15, -0.1) is 0 Å². The molecule has 0 aliphatic carbocycles. The van der Waals surface area contributed by atoms with E-state index in [2.05, 4.69) is 25.3 Å². The van der Waals surface area contributed by atoms with E-state index in [0.717, 1.165) is 16.1 Å². The quantitative estimate of drug-likeness (QED) is 0.759. The molecule has 4 heterocycles. The van der Waals surface area contributed by atoms with Crippen LogP contribution >= 0.6 is 0 Å². The van der Waals surface area contributed by atoms with Crippen molar-refractivity contribution in [1.29, 1.82) is 0 Å². The summed E-state index contributed by atoms with van der Waals surface area (Å²) >= 11 is 0. The molecule has 0 spiro atoms. The Bertz CT molecular complexity index is 974. The van der Waals surface area contributed by atoms with E-state index < -0.39 is 17.4 Å². The Morgan fingerprint density at radius 1 is 1.24 bits per heavy atom. The summed E-state index contributed by atoms with van der Waals surface area (Å²) in [5.41, 5.74) is -1.01. The lowest BCUT2D eigenvalue weighted by Crippen LogP contribution is -2.50. The zero-order valence-corrected chi connectivity index (χ0v) is 12.7. The zero-order chi connectivity index (χ0) is 17.6. The Morgan fingerprint density at radius 2 is 2.04 bits per heavy atom. The van der Waals surface area contributed by atoms with Crippen LogP contribution in [0.3, 0.4) is 0 Å². The van der Waals surface area contributed by atoms with Crippen LogP contribution in [-0.2, 0) is 12.7 Å². The van der Waals surface area contributed by atoms with Gasteiger partial charge in [0.15, 0.2) is 11.3 Å². The Labute approximate surface area is 138 Å². The van der Waals surface area contributed by atoms with E-state index in [4.69, 9.17) is 0 Å². The Hall–Kier alpha value is -2.98. The molecule has 1 aliphatic rings. The van der Waals surface area contributed by atoms with Gasteiger partial charge in [0.2, 0.25) is 0 Å². The van der Waals surface area contributed by atoms with Crippen molar-refractivity contribution in [2.45, 2.75) is 12.7 Å². The number of nitrogens with one attached hydrogen (secondary N) is 1. The first-order chi connectivity index (χ1) is 11.9. The Balaban J connectivity index is 1.49. The van der Waals surface area contributed by atoms with Crippen molar-refractivity contribution in [2.75, 3.05) is 18.0 Å². The number of hydrogen-bond donors (Lipinski definition) is 1. The van der Waals surface area contributed by atoms with E-state index in [9.17, 15) is 18.0 Å². The number of alkyl halides is 3. The van der Waals surface area contributed by atoms with Crippen LogP contribution in [0.25, 0.3) is 11.0 Å². The van der Waals surface area contributed by atoms with E-state index >= 15 is 0 Å². The lowest BCUT2D eigenvalue weighted by Gasteiger charge is -2.40. The molecule has 8 nitrogen and oxygen atoms in total. The minimum absolute atomic E-state index is 0.00519. The van der Waals surface area contributed by atoms with Crippen molar-refractivity contribution in [3.8, 4) is 0 Å². The molecule has 11 heteroatoms. The molecule has 1 aliphatic heterocycles. The number of fused-ring (bicyclic) bond motifs is 1. The highest BCUT2D eigenvalue weighted by atomic mass is 19.4. The molecule has 1 saturated heterocycles. The highest BCUT2D eigenvalue weighted by Gasteiger charge is 2.34. The molecule has 0 saturated carbocycles. The van der Waals surface area contributed by atoms with Crippen LogP contribution in [-0.4, -0.2) is 43.0 Å². The van der Waals surface area contributed by atoms with Crippen LogP contribution in [0.2, 0.25) is 0 Å². The van der Waals surface area contributed by atoms with Gasteiger partial charge in [0.25, 0.3) is 5.56 Å². The normalized spacial score (nSPS) is 15.6. The summed E-state index contributed by atoms with van der Waals surface area (Å²) < 4.78 is 39.0. The maximum Gasteiger partial charge on any atom is 0.435 e.